The number of pyridine rings is 1. The van der Waals surface area contributed by atoms with Crippen molar-refractivity contribution in [3.05, 3.63) is 51.5 Å². The third-order valence-electron chi connectivity index (χ3n) is 2.52. The Morgan fingerprint density at radius 2 is 2.24 bits per heavy atom. The zero-order valence-electron chi connectivity index (χ0n) is 9.60. The van der Waals surface area contributed by atoms with Crippen molar-refractivity contribution < 1.29 is 0 Å². The molecule has 2 aromatic heterocycles. The van der Waals surface area contributed by atoms with E-state index in [0.29, 0.717) is 0 Å². The summed E-state index contributed by atoms with van der Waals surface area (Å²) in [5.74, 6) is 0. The number of rotatable bonds is 4. The zero-order valence-corrected chi connectivity index (χ0v) is 10.4. The van der Waals surface area contributed by atoms with E-state index < -0.39 is 0 Å². The highest BCUT2D eigenvalue weighted by Crippen LogP contribution is 2.15. The van der Waals surface area contributed by atoms with E-state index in [-0.39, 0.29) is 0 Å². The van der Waals surface area contributed by atoms with Gasteiger partial charge in [-0.05, 0) is 36.2 Å². The van der Waals surface area contributed by atoms with Crippen LogP contribution in [0.25, 0.3) is 0 Å². The number of nitrogens with one attached hydrogen (secondary N) is 1. The molecule has 0 fully saturated rings. The number of nitriles is 1. The third kappa shape index (κ3) is 3.13. The molecule has 0 spiro atoms. The number of hydrogen-bond donors (Lipinski definition) is 1. The summed E-state index contributed by atoms with van der Waals surface area (Å²) in [6.07, 6.45) is 3.68. The summed E-state index contributed by atoms with van der Waals surface area (Å²) in [5.41, 5.74) is 2.46. The van der Waals surface area contributed by atoms with Crippen LogP contribution in [0.5, 0.6) is 0 Å². The van der Waals surface area contributed by atoms with Gasteiger partial charge in [0, 0.05) is 30.4 Å². The lowest BCUT2D eigenvalue weighted by Gasteiger charge is -2.05. The first-order valence-corrected chi connectivity index (χ1v) is 6.20. The molecule has 0 saturated heterocycles. The SMILES string of the molecule is Cc1cnccc1CNCc1ccc(C#N)s1. The molecule has 0 saturated carbocycles. The fourth-order valence-corrected chi connectivity index (χ4v) is 2.33. The predicted molar refractivity (Wildman–Crippen MR) is 68.6 cm³/mol. The lowest BCUT2D eigenvalue weighted by Crippen LogP contribution is -2.12. The lowest BCUT2D eigenvalue weighted by molar-refractivity contribution is 0.697. The quantitative estimate of drug-likeness (QED) is 0.898. The number of thiophene rings is 1. The van der Waals surface area contributed by atoms with E-state index in [1.807, 2.05) is 30.6 Å². The molecule has 2 aromatic rings. The second-order valence-electron chi connectivity index (χ2n) is 3.78. The molecule has 0 amide bonds. The molecule has 0 aliphatic heterocycles. The molecule has 0 aliphatic rings. The molecule has 2 rings (SSSR count). The topological polar surface area (TPSA) is 48.7 Å². The minimum Gasteiger partial charge on any atom is -0.308 e. The van der Waals surface area contributed by atoms with Gasteiger partial charge in [0.2, 0.25) is 0 Å². The smallest absolute Gasteiger partial charge is 0.110 e. The van der Waals surface area contributed by atoms with Crippen LogP contribution in [0.1, 0.15) is 20.9 Å². The molecule has 0 aromatic carbocycles. The van der Waals surface area contributed by atoms with Gasteiger partial charge in [-0.15, -0.1) is 11.3 Å². The van der Waals surface area contributed by atoms with Crippen molar-refractivity contribution in [3.63, 3.8) is 0 Å². The van der Waals surface area contributed by atoms with Crippen molar-refractivity contribution in [2.24, 2.45) is 0 Å². The van der Waals surface area contributed by atoms with Crippen LogP contribution in [0, 0.1) is 18.3 Å². The average molecular weight is 243 g/mol. The van der Waals surface area contributed by atoms with Crippen molar-refractivity contribution >= 4 is 11.3 Å². The maximum atomic E-state index is 8.72. The van der Waals surface area contributed by atoms with Crippen molar-refractivity contribution in [2.45, 2.75) is 20.0 Å². The Kier molecular flexibility index (Phi) is 3.86. The summed E-state index contributed by atoms with van der Waals surface area (Å²) < 4.78 is 0. The zero-order chi connectivity index (χ0) is 12.1. The second kappa shape index (κ2) is 5.58. The molecule has 0 unspecified atom stereocenters. The Morgan fingerprint density at radius 3 is 2.94 bits per heavy atom. The van der Waals surface area contributed by atoms with Gasteiger partial charge in [0.1, 0.15) is 10.9 Å². The van der Waals surface area contributed by atoms with Crippen LogP contribution in [0.2, 0.25) is 0 Å². The Hall–Kier alpha value is -1.70. The average Bonchev–Trinajstić information content (AvgIpc) is 2.80. The normalized spacial score (nSPS) is 10.1. The number of aryl methyl sites for hydroxylation is 1. The molecule has 3 nitrogen and oxygen atoms in total. The highest BCUT2D eigenvalue weighted by Gasteiger charge is 2.00. The standard InChI is InChI=1S/C13H13N3S/c1-10-7-15-5-4-11(10)8-16-9-13-3-2-12(6-14)17-13/h2-5,7,16H,8-9H2,1H3. The van der Waals surface area contributed by atoms with Crippen LogP contribution in [0.15, 0.2) is 30.6 Å². The molecule has 4 heteroatoms. The lowest BCUT2D eigenvalue weighted by atomic mass is 10.1. The van der Waals surface area contributed by atoms with Gasteiger partial charge in [-0.25, -0.2) is 0 Å². The first kappa shape index (κ1) is 11.8. The first-order valence-electron chi connectivity index (χ1n) is 5.38. The molecule has 0 bridgehead atoms. The summed E-state index contributed by atoms with van der Waals surface area (Å²) >= 11 is 1.54. The summed E-state index contributed by atoms with van der Waals surface area (Å²) in [6.45, 7) is 3.69. The summed E-state index contributed by atoms with van der Waals surface area (Å²) in [5, 5.41) is 12.1. The Bertz CT molecular complexity index is 540. The molecule has 1 N–H and O–H groups in total. The van der Waals surface area contributed by atoms with Crippen LogP contribution in [-0.2, 0) is 13.1 Å². The van der Waals surface area contributed by atoms with E-state index in [1.54, 1.807) is 0 Å². The highest BCUT2D eigenvalue weighted by atomic mass is 32.1. The summed E-state index contributed by atoms with van der Waals surface area (Å²) in [4.78, 5) is 6.02. The van der Waals surface area contributed by atoms with Crippen molar-refractivity contribution in [2.75, 3.05) is 0 Å². The van der Waals surface area contributed by atoms with E-state index in [0.717, 1.165) is 18.0 Å². The van der Waals surface area contributed by atoms with Crippen molar-refractivity contribution in [1.82, 2.24) is 10.3 Å². The predicted octanol–water partition coefficient (Wildman–Crippen LogP) is 2.61. The van der Waals surface area contributed by atoms with E-state index in [2.05, 4.69) is 23.3 Å². The molecular weight excluding hydrogens is 230 g/mol. The molecule has 2 heterocycles. The largest absolute Gasteiger partial charge is 0.308 e. The van der Waals surface area contributed by atoms with E-state index in [1.165, 1.54) is 27.3 Å². The van der Waals surface area contributed by atoms with Crippen LogP contribution in [-0.4, -0.2) is 4.98 Å². The molecule has 0 aliphatic carbocycles. The van der Waals surface area contributed by atoms with Crippen LogP contribution in [0.3, 0.4) is 0 Å². The number of hydrogen-bond acceptors (Lipinski definition) is 4. The van der Waals surface area contributed by atoms with Gasteiger partial charge in [-0.1, -0.05) is 0 Å². The first-order chi connectivity index (χ1) is 8.29. The van der Waals surface area contributed by atoms with Crippen molar-refractivity contribution in [3.8, 4) is 6.07 Å². The maximum absolute atomic E-state index is 8.72. The van der Waals surface area contributed by atoms with Gasteiger partial charge in [0.15, 0.2) is 0 Å². The van der Waals surface area contributed by atoms with E-state index in [4.69, 9.17) is 5.26 Å². The van der Waals surface area contributed by atoms with Gasteiger partial charge in [-0.3, -0.25) is 4.98 Å². The van der Waals surface area contributed by atoms with E-state index >= 15 is 0 Å². The van der Waals surface area contributed by atoms with Crippen LogP contribution >= 0.6 is 11.3 Å². The van der Waals surface area contributed by atoms with Gasteiger partial charge < -0.3 is 5.32 Å². The van der Waals surface area contributed by atoms with Crippen LogP contribution < -0.4 is 5.32 Å². The third-order valence-corrected chi connectivity index (χ3v) is 3.51. The van der Waals surface area contributed by atoms with Crippen molar-refractivity contribution in [1.29, 1.82) is 5.26 Å². The molecule has 0 radical (unpaired) electrons. The van der Waals surface area contributed by atoms with Gasteiger partial charge in [0.25, 0.3) is 0 Å². The summed E-state index contributed by atoms with van der Waals surface area (Å²) in [6, 6.07) is 8.03. The fourth-order valence-electron chi connectivity index (χ4n) is 1.55. The molecule has 86 valence electrons. The maximum Gasteiger partial charge on any atom is 0.110 e. The number of aromatic nitrogens is 1. The minimum absolute atomic E-state index is 0.766. The fraction of sp³-hybridized carbons (Fsp3) is 0.231. The van der Waals surface area contributed by atoms with Gasteiger partial charge in [-0.2, -0.15) is 5.26 Å². The highest BCUT2D eigenvalue weighted by molar-refractivity contribution is 7.12. The van der Waals surface area contributed by atoms with Gasteiger partial charge in [0.05, 0.1) is 0 Å². The molecular formula is C13H13N3S. The minimum atomic E-state index is 0.766. The number of nitrogens with zero attached hydrogens (tertiary/aromatic N) is 2. The van der Waals surface area contributed by atoms with E-state index in [9.17, 15) is 0 Å². The summed E-state index contributed by atoms with van der Waals surface area (Å²) in [7, 11) is 0. The van der Waals surface area contributed by atoms with Gasteiger partial charge >= 0.3 is 0 Å². The Labute approximate surface area is 105 Å². The molecule has 0 atom stereocenters. The molecule has 17 heavy (non-hydrogen) atoms. The Morgan fingerprint density at radius 1 is 1.35 bits per heavy atom. The monoisotopic (exact) mass is 243 g/mol. The van der Waals surface area contributed by atoms with Crippen LogP contribution in [0.4, 0.5) is 0 Å². The Balaban J connectivity index is 1.88. The second-order valence-corrected chi connectivity index (χ2v) is 4.95.